The Morgan fingerprint density at radius 2 is 1.93 bits per heavy atom. The van der Waals surface area contributed by atoms with Gasteiger partial charge >= 0.3 is 6.09 Å². The van der Waals surface area contributed by atoms with Crippen LogP contribution in [0.25, 0.3) is 22.3 Å². The lowest BCUT2D eigenvalue weighted by atomic mass is 10.1. The van der Waals surface area contributed by atoms with Crippen LogP contribution in [0.2, 0.25) is 0 Å². The number of rotatable bonds is 3. The second kappa shape index (κ2) is 12.3. The van der Waals surface area contributed by atoms with Crippen LogP contribution < -0.4 is 20.7 Å². The summed E-state index contributed by atoms with van der Waals surface area (Å²) in [6.07, 6.45) is 3.41. The van der Waals surface area contributed by atoms with E-state index in [-0.39, 0.29) is 5.91 Å². The van der Waals surface area contributed by atoms with Crippen molar-refractivity contribution in [2.24, 2.45) is 7.05 Å². The molecule has 0 radical (unpaired) electrons. The summed E-state index contributed by atoms with van der Waals surface area (Å²) in [5.41, 5.74) is 3.44. The first-order chi connectivity index (χ1) is 20.9. The zero-order chi connectivity index (χ0) is 31.6. The molecule has 0 spiro atoms. The lowest BCUT2D eigenvalue weighted by molar-refractivity contribution is -0.117. The fourth-order valence-corrected chi connectivity index (χ4v) is 4.99. The van der Waals surface area contributed by atoms with Crippen LogP contribution in [0.5, 0.6) is 5.88 Å². The van der Waals surface area contributed by atoms with Gasteiger partial charge in [0.1, 0.15) is 11.6 Å². The van der Waals surface area contributed by atoms with Gasteiger partial charge in [-0.05, 0) is 78.1 Å². The van der Waals surface area contributed by atoms with E-state index in [9.17, 15) is 14.4 Å². The molecule has 3 aromatic heterocycles. The van der Waals surface area contributed by atoms with Crippen LogP contribution in [0.4, 0.5) is 16.4 Å². The van der Waals surface area contributed by atoms with Gasteiger partial charge in [0.05, 0.1) is 40.8 Å². The van der Waals surface area contributed by atoms with Crippen LogP contribution in [0.1, 0.15) is 63.0 Å². The number of fused-ring (bicyclic) bond motifs is 7. The number of benzene rings is 1. The van der Waals surface area contributed by atoms with Gasteiger partial charge in [0.25, 0.3) is 5.91 Å². The molecular weight excluding hydrogens is 564 g/mol. The number of hydrogen-bond acceptors (Lipinski definition) is 8. The fourth-order valence-electron chi connectivity index (χ4n) is 4.99. The van der Waals surface area contributed by atoms with Crippen molar-refractivity contribution in [3.63, 3.8) is 0 Å². The van der Waals surface area contributed by atoms with Crippen molar-refractivity contribution < 1.29 is 23.9 Å². The number of alkyl carbamates (subject to hydrolysis) is 1. The van der Waals surface area contributed by atoms with E-state index in [0.29, 0.717) is 64.2 Å². The SMILES string of the molecule is Cc1cc2cc(n1)-c1cnn(C)c1OCCCCCn1c(nc3cccc(NC(=O)C(C)NC(=O)OC(C)(C)C)c31)NC2=O. The number of nitrogens with zero attached hydrogens (tertiary/aromatic N) is 5. The van der Waals surface area contributed by atoms with E-state index in [0.717, 1.165) is 19.3 Å². The first-order valence-electron chi connectivity index (χ1n) is 14.6. The molecule has 44 heavy (non-hydrogen) atoms. The van der Waals surface area contributed by atoms with Crippen LogP contribution in [-0.4, -0.2) is 60.5 Å². The molecule has 5 rings (SSSR count). The van der Waals surface area contributed by atoms with E-state index in [1.807, 2.05) is 24.6 Å². The zero-order valence-corrected chi connectivity index (χ0v) is 25.9. The van der Waals surface area contributed by atoms with Crippen molar-refractivity contribution in [3.05, 3.63) is 47.8 Å². The highest BCUT2D eigenvalue weighted by Gasteiger charge is 2.24. The Kier molecular flexibility index (Phi) is 8.56. The van der Waals surface area contributed by atoms with E-state index < -0.39 is 23.6 Å². The largest absolute Gasteiger partial charge is 0.477 e. The number of nitrogens with one attached hydrogen (secondary N) is 3. The summed E-state index contributed by atoms with van der Waals surface area (Å²) in [6.45, 7) is 9.68. The number of hydrogen-bond donors (Lipinski definition) is 3. The Balaban J connectivity index is 1.47. The molecule has 4 aromatic rings. The van der Waals surface area contributed by atoms with Crippen LogP contribution >= 0.6 is 0 Å². The second-order valence-corrected chi connectivity index (χ2v) is 11.9. The maximum Gasteiger partial charge on any atom is 0.408 e. The molecule has 1 unspecified atom stereocenters. The highest BCUT2D eigenvalue weighted by Crippen LogP contribution is 2.31. The first kappa shape index (κ1) is 30.5. The summed E-state index contributed by atoms with van der Waals surface area (Å²) in [6, 6.07) is 7.93. The first-order valence-corrected chi connectivity index (χ1v) is 14.6. The molecule has 13 heteroatoms. The molecule has 1 atom stereocenters. The summed E-state index contributed by atoms with van der Waals surface area (Å²) in [5, 5.41) is 12.8. The van der Waals surface area contributed by atoms with Gasteiger partial charge in [0.15, 0.2) is 0 Å². The van der Waals surface area contributed by atoms with E-state index in [4.69, 9.17) is 14.5 Å². The average Bonchev–Trinajstić information content (AvgIpc) is 3.48. The number of aryl methyl sites for hydroxylation is 3. The van der Waals surface area contributed by atoms with E-state index in [1.54, 1.807) is 62.8 Å². The van der Waals surface area contributed by atoms with Gasteiger partial charge in [-0.1, -0.05) is 6.07 Å². The Morgan fingerprint density at radius 3 is 2.70 bits per heavy atom. The highest BCUT2D eigenvalue weighted by molar-refractivity contribution is 6.06. The van der Waals surface area contributed by atoms with Crippen molar-refractivity contribution in [1.82, 2.24) is 29.6 Å². The molecule has 0 saturated carbocycles. The minimum Gasteiger partial charge on any atom is -0.477 e. The number of para-hydroxylation sites is 1. The second-order valence-electron chi connectivity index (χ2n) is 11.9. The van der Waals surface area contributed by atoms with Crippen LogP contribution in [0.3, 0.4) is 0 Å². The van der Waals surface area contributed by atoms with Gasteiger partial charge < -0.3 is 24.7 Å². The number of carbonyl (C=O) groups excluding carboxylic acids is 3. The number of ether oxygens (including phenoxy) is 2. The predicted octanol–water partition coefficient (Wildman–Crippen LogP) is 4.81. The molecule has 2 bridgehead atoms. The van der Waals surface area contributed by atoms with Gasteiger partial charge in [-0.15, -0.1) is 0 Å². The normalized spacial score (nSPS) is 14.6. The summed E-state index contributed by atoms with van der Waals surface area (Å²) in [5.74, 6) is 0.177. The van der Waals surface area contributed by atoms with Gasteiger partial charge in [0, 0.05) is 24.8 Å². The lowest BCUT2D eigenvalue weighted by Crippen LogP contribution is -2.44. The molecule has 3 amide bonds. The Morgan fingerprint density at radius 1 is 1.14 bits per heavy atom. The minimum atomic E-state index is -0.867. The molecule has 1 aliphatic rings. The topological polar surface area (TPSA) is 154 Å². The summed E-state index contributed by atoms with van der Waals surface area (Å²) >= 11 is 0. The third-order valence-electron chi connectivity index (χ3n) is 7.02. The Hall–Kier alpha value is -4.94. The lowest BCUT2D eigenvalue weighted by Gasteiger charge is -2.21. The smallest absolute Gasteiger partial charge is 0.408 e. The van der Waals surface area contributed by atoms with Crippen molar-refractivity contribution in [2.45, 2.75) is 72.1 Å². The van der Waals surface area contributed by atoms with Crippen LogP contribution in [-0.2, 0) is 23.1 Å². The number of imidazole rings is 1. The predicted molar refractivity (Wildman–Crippen MR) is 166 cm³/mol. The molecular formula is C31H38N8O5. The summed E-state index contributed by atoms with van der Waals surface area (Å²) < 4.78 is 15.0. The van der Waals surface area contributed by atoms with Crippen LogP contribution in [0, 0.1) is 6.92 Å². The summed E-state index contributed by atoms with van der Waals surface area (Å²) in [4.78, 5) is 48.3. The van der Waals surface area contributed by atoms with E-state index >= 15 is 0 Å². The molecule has 0 fully saturated rings. The molecule has 1 aromatic carbocycles. The molecule has 0 aliphatic carbocycles. The fraction of sp³-hybridized carbons (Fsp3) is 0.419. The maximum atomic E-state index is 13.6. The van der Waals surface area contributed by atoms with Crippen molar-refractivity contribution in [3.8, 4) is 17.1 Å². The van der Waals surface area contributed by atoms with Crippen molar-refractivity contribution in [2.75, 3.05) is 17.2 Å². The molecule has 4 heterocycles. The third kappa shape index (κ3) is 6.82. The molecule has 1 aliphatic heterocycles. The third-order valence-corrected chi connectivity index (χ3v) is 7.02. The maximum absolute atomic E-state index is 13.6. The number of anilines is 2. The van der Waals surface area contributed by atoms with Crippen molar-refractivity contribution >= 4 is 40.6 Å². The highest BCUT2D eigenvalue weighted by atomic mass is 16.6. The number of aromatic nitrogens is 5. The van der Waals surface area contributed by atoms with Gasteiger partial charge in [0.2, 0.25) is 17.7 Å². The number of amides is 3. The molecule has 232 valence electrons. The Labute approximate surface area is 255 Å². The number of pyridine rings is 1. The Bertz CT molecular complexity index is 1720. The standard InChI is InChI=1S/C31H38N8O5/c1-18-15-20-16-24(33-18)21-17-32-38(6)28(21)43-14-9-7-8-13-39-25-22(11-10-12-23(25)36-29(39)37-27(20)41)35-26(40)19(2)34-30(42)44-31(3,4)5/h10-12,15-17,19H,7-9,13-14H2,1-6H3,(H,34,42)(H,35,40)(H,36,37,41). The van der Waals surface area contributed by atoms with E-state index in [1.165, 1.54) is 0 Å². The average molecular weight is 603 g/mol. The van der Waals surface area contributed by atoms with E-state index in [2.05, 4.69) is 26.0 Å². The van der Waals surface area contributed by atoms with Gasteiger partial charge in [-0.25, -0.2) is 14.5 Å². The minimum absolute atomic E-state index is 0.352. The summed E-state index contributed by atoms with van der Waals surface area (Å²) in [7, 11) is 1.81. The quantitative estimate of drug-likeness (QED) is 0.302. The van der Waals surface area contributed by atoms with Gasteiger partial charge in [-0.2, -0.15) is 5.10 Å². The monoisotopic (exact) mass is 602 g/mol. The molecule has 3 N–H and O–H groups in total. The number of carbonyl (C=O) groups is 3. The van der Waals surface area contributed by atoms with Gasteiger partial charge in [-0.3, -0.25) is 19.9 Å². The molecule has 0 saturated heterocycles. The zero-order valence-electron chi connectivity index (χ0n) is 25.9. The molecule has 13 nitrogen and oxygen atoms in total. The van der Waals surface area contributed by atoms with Crippen LogP contribution in [0.15, 0.2) is 36.5 Å². The van der Waals surface area contributed by atoms with Crippen molar-refractivity contribution in [1.29, 1.82) is 0 Å².